The van der Waals surface area contributed by atoms with Crippen LogP contribution in [0.3, 0.4) is 0 Å². The van der Waals surface area contributed by atoms with Gasteiger partial charge in [-0.25, -0.2) is 0 Å². The average molecular weight is 253 g/mol. The predicted molar refractivity (Wildman–Crippen MR) is 73.5 cm³/mol. The number of nitrogens with one attached hydrogen (secondary N) is 1. The minimum absolute atomic E-state index is 0.283. The highest BCUT2D eigenvalue weighted by Crippen LogP contribution is 2.19. The van der Waals surface area contributed by atoms with E-state index in [0.29, 0.717) is 18.5 Å². The van der Waals surface area contributed by atoms with Gasteiger partial charge >= 0.3 is 0 Å². The molecule has 1 heterocycles. The van der Waals surface area contributed by atoms with Crippen molar-refractivity contribution >= 4 is 5.91 Å². The lowest BCUT2D eigenvalue weighted by molar-refractivity contribution is -0.130. The van der Waals surface area contributed by atoms with Gasteiger partial charge in [-0.2, -0.15) is 0 Å². The first kappa shape index (κ1) is 13.8. The normalized spacial score (nSPS) is 24.4. The summed E-state index contributed by atoms with van der Waals surface area (Å²) in [6.07, 6.45) is 5.75. The van der Waals surface area contributed by atoms with Crippen LogP contribution in [0.4, 0.5) is 0 Å². The molecule has 1 saturated heterocycles. The molecule has 1 aliphatic carbocycles. The van der Waals surface area contributed by atoms with Crippen molar-refractivity contribution in [3.05, 3.63) is 0 Å². The molecule has 2 aliphatic rings. The molecule has 1 unspecified atom stereocenters. The van der Waals surface area contributed by atoms with E-state index in [1.54, 1.807) is 0 Å². The molecule has 2 rings (SSSR count). The van der Waals surface area contributed by atoms with Crippen molar-refractivity contribution in [2.45, 2.75) is 51.1 Å². The van der Waals surface area contributed by atoms with Crippen molar-refractivity contribution in [1.82, 2.24) is 15.1 Å². The number of hydrogen-bond donors (Lipinski definition) is 1. The molecular weight excluding hydrogens is 226 g/mol. The highest BCUT2D eigenvalue weighted by molar-refractivity contribution is 5.76. The van der Waals surface area contributed by atoms with E-state index in [9.17, 15) is 4.79 Å². The van der Waals surface area contributed by atoms with E-state index in [-0.39, 0.29) is 5.91 Å². The summed E-state index contributed by atoms with van der Waals surface area (Å²) in [7, 11) is 1.95. The highest BCUT2D eigenvalue weighted by atomic mass is 16.2. The largest absolute Gasteiger partial charge is 0.344 e. The minimum atomic E-state index is 0.283. The van der Waals surface area contributed by atoms with Crippen molar-refractivity contribution in [1.29, 1.82) is 0 Å². The van der Waals surface area contributed by atoms with Crippen LogP contribution in [-0.2, 0) is 4.79 Å². The maximum absolute atomic E-state index is 12.0. The number of nitrogens with zero attached hydrogens (tertiary/aromatic N) is 2. The van der Waals surface area contributed by atoms with Gasteiger partial charge in [-0.3, -0.25) is 9.69 Å². The molecule has 1 aliphatic heterocycles. The van der Waals surface area contributed by atoms with Gasteiger partial charge in [0.05, 0.1) is 0 Å². The van der Waals surface area contributed by atoms with Crippen molar-refractivity contribution in [3.8, 4) is 0 Å². The SMILES string of the molecule is CCN1CCCC1CN(C)C(=O)CCNC1CC1. The van der Waals surface area contributed by atoms with Crippen LogP contribution in [-0.4, -0.2) is 61.0 Å². The van der Waals surface area contributed by atoms with E-state index in [1.165, 1.54) is 32.2 Å². The first-order chi connectivity index (χ1) is 8.70. The third kappa shape index (κ3) is 3.95. The molecule has 1 N–H and O–H groups in total. The zero-order valence-electron chi connectivity index (χ0n) is 11.8. The molecule has 104 valence electrons. The molecule has 18 heavy (non-hydrogen) atoms. The van der Waals surface area contributed by atoms with Gasteiger partial charge in [0.25, 0.3) is 0 Å². The molecule has 1 atom stereocenters. The summed E-state index contributed by atoms with van der Waals surface area (Å²) in [4.78, 5) is 16.4. The molecule has 4 nitrogen and oxygen atoms in total. The Morgan fingerprint density at radius 1 is 1.39 bits per heavy atom. The number of likely N-dealkylation sites (N-methyl/N-ethyl adjacent to an activating group) is 2. The Balaban J connectivity index is 1.65. The molecule has 2 fully saturated rings. The number of amides is 1. The Kier molecular flexibility index (Phi) is 5.01. The van der Waals surface area contributed by atoms with Crippen molar-refractivity contribution in [2.24, 2.45) is 0 Å². The molecule has 0 aromatic rings. The molecule has 0 spiro atoms. The van der Waals surface area contributed by atoms with E-state index < -0.39 is 0 Å². The molecule has 0 radical (unpaired) electrons. The second kappa shape index (κ2) is 6.53. The number of carbonyl (C=O) groups excluding carboxylic acids is 1. The number of carbonyl (C=O) groups is 1. The first-order valence-corrected chi connectivity index (χ1v) is 7.42. The average Bonchev–Trinajstić information content (AvgIpc) is 3.07. The maximum atomic E-state index is 12.0. The molecule has 0 aromatic carbocycles. The van der Waals surface area contributed by atoms with Crippen LogP contribution in [0, 0.1) is 0 Å². The van der Waals surface area contributed by atoms with Crippen molar-refractivity contribution < 1.29 is 4.79 Å². The Labute approximate surface area is 111 Å². The third-order valence-corrected chi connectivity index (χ3v) is 4.16. The van der Waals surface area contributed by atoms with E-state index in [1.807, 2.05) is 11.9 Å². The van der Waals surface area contributed by atoms with Gasteiger partial charge in [-0.05, 0) is 38.8 Å². The number of hydrogen-bond acceptors (Lipinski definition) is 3. The van der Waals surface area contributed by atoms with E-state index >= 15 is 0 Å². The summed E-state index contributed by atoms with van der Waals surface area (Å²) >= 11 is 0. The summed E-state index contributed by atoms with van der Waals surface area (Å²) in [5, 5.41) is 3.40. The van der Waals surface area contributed by atoms with Crippen LogP contribution in [0.25, 0.3) is 0 Å². The van der Waals surface area contributed by atoms with Gasteiger partial charge in [0.15, 0.2) is 0 Å². The summed E-state index contributed by atoms with van der Waals surface area (Å²) in [5.74, 6) is 0.283. The predicted octanol–water partition coefficient (Wildman–Crippen LogP) is 1.07. The van der Waals surface area contributed by atoms with Gasteiger partial charge in [0, 0.05) is 38.6 Å². The molecule has 0 aromatic heterocycles. The zero-order chi connectivity index (χ0) is 13.0. The van der Waals surface area contributed by atoms with Crippen molar-refractivity contribution in [3.63, 3.8) is 0 Å². The molecule has 1 saturated carbocycles. The van der Waals surface area contributed by atoms with Gasteiger partial charge < -0.3 is 10.2 Å². The number of likely N-dealkylation sites (tertiary alicyclic amines) is 1. The Morgan fingerprint density at radius 2 is 2.17 bits per heavy atom. The van der Waals surface area contributed by atoms with Gasteiger partial charge in [-0.15, -0.1) is 0 Å². The van der Waals surface area contributed by atoms with Crippen LogP contribution in [0.2, 0.25) is 0 Å². The van der Waals surface area contributed by atoms with Crippen LogP contribution in [0.5, 0.6) is 0 Å². The zero-order valence-corrected chi connectivity index (χ0v) is 11.8. The Bertz CT molecular complexity index is 278. The monoisotopic (exact) mass is 253 g/mol. The third-order valence-electron chi connectivity index (χ3n) is 4.16. The van der Waals surface area contributed by atoms with Crippen LogP contribution >= 0.6 is 0 Å². The maximum Gasteiger partial charge on any atom is 0.223 e. The first-order valence-electron chi connectivity index (χ1n) is 7.42. The molecule has 1 amide bonds. The second-order valence-electron chi connectivity index (χ2n) is 5.68. The topological polar surface area (TPSA) is 35.6 Å². The molecule has 0 bridgehead atoms. The number of rotatable bonds is 7. The summed E-state index contributed by atoms with van der Waals surface area (Å²) in [5.41, 5.74) is 0. The van der Waals surface area contributed by atoms with E-state index in [4.69, 9.17) is 0 Å². The summed E-state index contributed by atoms with van der Waals surface area (Å²) in [6, 6.07) is 1.29. The fraction of sp³-hybridized carbons (Fsp3) is 0.929. The lowest BCUT2D eigenvalue weighted by Gasteiger charge is -2.27. The Morgan fingerprint density at radius 3 is 2.83 bits per heavy atom. The van der Waals surface area contributed by atoms with Crippen molar-refractivity contribution in [2.75, 3.05) is 33.2 Å². The van der Waals surface area contributed by atoms with Gasteiger partial charge in [-0.1, -0.05) is 6.92 Å². The molecule has 4 heteroatoms. The second-order valence-corrected chi connectivity index (χ2v) is 5.68. The van der Waals surface area contributed by atoms with Gasteiger partial charge in [0.1, 0.15) is 0 Å². The van der Waals surface area contributed by atoms with Crippen LogP contribution in [0.15, 0.2) is 0 Å². The Hall–Kier alpha value is -0.610. The standard InChI is InChI=1S/C14H27N3O/c1-3-17-10-4-5-13(17)11-16(2)14(18)8-9-15-12-6-7-12/h12-13,15H,3-11H2,1-2H3. The van der Waals surface area contributed by atoms with E-state index in [0.717, 1.165) is 19.6 Å². The summed E-state index contributed by atoms with van der Waals surface area (Å²) < 4.78 is 0. The van der Waals surface area contributed by atoms with Gasteiger partial charge in [0.2, 0.25) is 5.91 Å². The minimum Gasteiger partial charge on any atom is -0.344 e. The smallest absolute Gasteiger partial charge is 0.223 e. The van der Waals surface area contributed by atoms with E-state index in [2.05, 4.69) is 17.1 Å². The lowest BCUT2D eigenvalue weighted by atomic mass is 10.2. The quantitative estimate of drug-likeness (QED) is 0.737. The summed E-state index contributed by atoms with van der Waals surface area (Å²) in [6.45, 7) is 6.26. The van der Waals surface area contributed by atoms with Crippen LogP contribution in [0.1, 0.15) is 39.0 Å². The van der Waals surface area contributed by atoms with Crippen LogP contribution < -0.4 is 5.32 Å². The highest BCUT2D eigenvalue weighted by Gasteiger charge is 2.25. The molecular formula is C14H27N3O. The fourth-order valence-electron chi connectivity index (χ4n) is 2.80. The fourth-order valence-corrected chi connectivity index (χ4v) is 2.80. The lowest BCUT2D eigenvalue weighted by Crippen LogP contribution is -2.41.